The van der Waals surface area contributed by atoms with E-state index in [2.05, 4.69) is 26.6 Å². The van der Waals surface area contributed by atoms with Gasteiger partial charge in [-0.2, -0.15) is 0 Å². The molecule has 5 atom stereocenters. The van der Waals surface area contributed by atoms with Gasteiger partial charge in [-0.05, 0) is 33.4 Å². The van der Waals surface area contributed by atoms with Gasteiger partial charge in [0.1, 0.15) is 36.8 Å². The molecule has 6 aromatic carbocycles. The molecule has 66 heavy (non-hydrogen) atoms. The molecule has 5 amide bonds. The van der Waals surface area contributed by atoms with Crippen molar-refractivity contribution in [1.82, 2.24) is 26.6 Å². The van der Waals surface area contributed by atoms with E-state index in [-0.39, 0.29) is 38.7 Å². The third-order valence-corrected chi connectivity index (χ3v) is 10.7. The molecule has 0 unspecified atom stereocenters. The molecule has 13 nitrogen and oxygen atoms in total. The fraction of sp³-hybridized carbons (Fsp3) is 0.208. The number of carbonyl (C=O) groups excluding carboxylic acids is 5. The van der Waals surface area contributed by atoms with Crippen molar-refractivity contribution in [3.8, 4) is 0 Å². The van der Waals surface area contributed by atoms with Gasteiger partial charge in [-0.25, -0.2) is 9.59 Å². The minimum absolute atomic E-state index is 0.00128. The van der Waals surface area contributed by atoms with Crippen LogP contribution in [-0.2, 0) is 67.4 Å². The second kappa shape index (κ2) is 24.7. The Labute approximate surface area is 384 Å². The number of carboxylic acid groups (broad SMARTS) is 1. The Morgan fingerprint density at radius 2 is 0.561 bits per heavy atom. The maximum absolute atomic E-state index is 14.6. The SMILES string of the molecule is O=C(N[C@@H](Cc1ccccc1)C(=O)N[C@@H](Cc1ccccc1)C(=O)N[C@@H](Cc1ccccc1)C(=O)N[C@@H](Cc1ccccc1)C(=O)N[C@@H](Cc1ccccc1)C(=O)O)OCc1ccccc1. The van der Waals surface area contributed by atoms with Gasteiger partial charge in [-0.3, -0.25) is 19.2 Å². The number of benzene rings is 6. The Kier molecular flexibility index (Phi) is 17.7. The minimum atomic E-state index is -1.30. The van der Waals surface area contributed by atoms with Gasteiger partial charge < -0.3 is 36.4 Å². The summed E-state index contributed by atoms with van der Waals surface area (Å²) in [6.45, 7) is -0.0298. The monoisotopic (exact) mass is 887 g/mol. The van der Waals surface area contributed by atoms with E-state index in [1.54, 1.807) is 115 Å². The highest BCUT2D eigenvalue weighted by molar-refractivity contribution is 5.96. The van der Waals surface area contributed by atoms with Crippen molar-refractivity contribution in [2.45, 2.75) is 68.9 Å². The zero-order valence-corrected chi connectivity index (χ0v) is 36.3. The van der Waals surface area contributed by atoms with Crippen molar-refractivity contribution in [2.24, 2.45) is 0 Å². The summed E-state index contributed by atoms with van der Waals surface area (Å²) in [6.07, 6.45) is -0.718. The van der Waals surface area contributed by atoms with Gasteiger partial charge in [0.25, 0.3) is 0 Å². The van der Waals surface area contributed by atoms with Crippen LogP contribution in [-0.4, -0.2) is 71.0 Å². The quantitative estimate of drug-likeness (QED) is 0.0514. The molecule has 6 aromatic rings. The van der Waals surface area contributed by atoms with Gasteiger partial charge in [0.2, 0.25) is 23.6 Å². The maximum Gasteiger partial charge on any atom is 0.408 e. The lowest BCUT2D eigenvalue weighted by Gasteiger charge is -2.27. The minimum Gasteiger partial charge on any atom is -0.480 e. The Morgan fingerprint density at radius 1 is 0.333 bits per heavy atom. The van der Waals surface area contributed by atoms with Crippen LogP contribution < -0.4 is 26.6 Å². The van der Waals surface area contributed by atoms with Crippen molar-refractivity contribution in [1.29, 1.82) is 0 Å². The molecular weight excluding hydrogens is 835 g/mol. The van der Waals surface area contributed by atoms with Crippen LogP contribution in [0, 0.1) is 0 Å². The van der Waals surface area contributed by atoms with Crippen molar-refractivity contribution in [3.05, 3.63) is 215 Å². The second-order valence-corrected chi connectivity index (χ2v) is 15.8. The largest absolute Gasteiger partial charge is 0.480 e. The van der Waals surface area contributed by atoms with E-state index >= 15 is 0 Å². The first kappa shape index (κ1) is 47.4. The summed E-state index contributed by atoms with van der Waals surface area (Å²) in [6, 6.07) is 47.8. The number of carboxylic acids is 1. The second-order valence-electron chi connectivity index (χ2n) is 15.8. The van der Waals surface area contributed by atoms with E-state index in [9.17, 15) is 33.9 Å². The van der Waals surface area contributed by atoms with Crippen LogP contribution >= 0.6 is 0 Å². The van der Waals surface area contributed by atoms with E-state index in [4.69, 9.17) is 4.74 Å². The Hall–Kier alpha value is -8.06. The average molecular weight is 888 g/mol. The smallest absolute Gasteiger partial charge is 0.408 e. The zero-order chi connectivity index (χ0) is 46.5. The van der Waals surface area contributed by atoms with Crippen LogP contribution in [0.15, 0.2) is 182 Å². The third kappa shape index (κ3) is 15.3. The van der Waals surface area contributed by atoms with Gasteiger partial charge in [-0.15, -0.1) is 0 Å². The van der Waals surface area contributed by atoms with E-state index in [0.717, 1.165) is 11.1 Å². The molecule has 0 saturated carbocycles. The standard InChI is InChI=1S/C53H53N5O8/c59-48(55-45(33-39-23-11-3-12-24-39)50(61)57-47(52(63)64)35-41-27-15-5-16-28-41)43(31-37-19-7-1-8-20-37)54-49(60)44(32-38-21-9-2-10-22-38)56-51(62)46(34-40-25-13-4-14-26-40)58-53(65)66-36-42-29-17-6-18-30-42/h1-30,43-47H,31-36H2,(H,54,60)(H,55,59)(H,56,62)(H,57,61)(H,58,65)(H,63,64)/t43-,44-,45-,46-,47-/m0/s1. The molecule has 0 saturated heterocycles. The highest BCUT2D eigenvalue weighted by Crippen LogP contribution is 2.12. The molecule has 6 rings (SSSR count). The Balaban J connectivity index is 1.25. The average Bonchev–Trinajstić information content (AvgIpc) is 3.34. The summed E-state index contributed by atoms with van der Waals surface area (Å²) < 4.78 is 5.46. The number of carbonyl (C=O) groups is 6. The molecule has 0 heterocycles. The third-order valence-electron chi connectivity index (χ3n) is 10.7. The molecule has 0 aromatic heterocycles. The van der Waals surface area contributed by atoms with E-state index in [1.165, 1.54) is 0 Å². The van der Waals surface area contributed by atoms with Crippen LogP contribution in [0.3, 0.4) is 0 Å². The molecular formula is C53H53N5O8. The van der Waals surface area contributed by atoms with Gasteiger partial charge in [0.15, 0.2) is 0 Å². The van der Waals surface area contributed by atoms with Gasteiger partial charge in [0.05, 0.1) is 0 Å². The first-order chi connectivity index (χ1) is 32.1. The summed E-state index contributed by atoms with van der Waals surface area (Å²) in [5.41, 5.74) is 4.30. The molecule has 0 fully saturated rings. The first-order valence-electron chi connectivity index (χ1n) is 21.7. The fourth-order valence-corrected chi connectivity index (χ4v) is 7.28. The Bertz CT molecular complexity index is 2480. The molecule has 0 aliphatic rings. The highest BCUT2D eigenvalue weighted by atomic mass is 16.5. The van der Waals surface area contributed by atoms with Gasteiger partial charge in [0, 0.05) is 32.1 Å². The van der Waals surface area contributed by atoms with E-state index < -0.39 is 65.9 Å². The number of nitrogens with one attached hydrogen (secondary N) is 5. The molecule has 0 spiro atoms. The molecule has 6 N–H and O–H groups in total. The zero-order valence-electron chi connectivity index (χ0n) is 36.3. The van der Waals surface area contributed by atoms with Crippen LogP contribution in [0.2, 0.25) is 0 Å². The molecule has 0 aliphatic carbocycles. The van der Waals surface area contributed by atoms with E-state index in [0.29, 0.717) is 22.3 Å². The molecule has 0 radical (unpaired) electrons. The molecule has 338 valence electrons. The molecule has 0 aliphatic heterocycles. The summed E-state index contributed by atoms with van der Waals surface area (Å²) in [5, 5.41) is 23.9. The van der Waals surface area contributed by atoms with Crippen LogP contribution in [0.4, 0.5) is 4.79 Å². The van der Waals surface area contributed by atoms with Gasteiger partial charge >= 0.3 is 12.1 Å². The summed E-state index contributed by atoms with van der Waals surface area (Å²) in [7, 11) is 0. The lowest BCUT2D eigenvalue weighted by atomic mass is 10.00. The normalized spacial score (nSPS) is 13.0. The summed E-state index contributed by atoms with van der Waals surface area (Å²) in [5.74, 6) is -4.06. The summed E-state index contributed by atoms with van der Waals surface area (Å²) >= 11 is 0. The van der Waals surface area contributed by atoms with Crippen LogP contribution in [0.1, 0.15) is 33.4 Å². The molecule has 13 heteroatoms. The highest BCUT2D eigenvalue weighted by Gasteiger charge is 2.33. The number of hydrogen-bond acceptors (Lipinski definition) is 7. The predicted octanol–water partition coefficient (Wildman–Crippen LogP) is 5.52. The predicted molar refractivity (Wildman–Crippen MR) is 250 cm³/mol. The fourth-order valence-electron chi connectivity index (χ4n) is 7.28. The van der Waals surface area contributed by atoms with E-state index in [1.807, 2.05) is 66.7 Å². The van der Waals surface area contributed by atoms with Crippen molar-refractivity contribution in [3.63, 3.8) is 0 Å². The lowest BCUT2D eigenvalue weighted by molar-refractivity contribution is -0.142. The van der Waals surface area contributed by atoms with Crippen molar-refractivity contribution >= 4 is 35.7 Å². The van der Waals surface area contributed by atoms with Gasteiger partial charge in [-0.1, -0.05) is 182 Å². The first-order valence-corrected chi connectivity index (χ1v) is 21.7. The van der Waals surface area contributed by atoms with Crippen LogP contribution in [0.5, 0.6) is 0 Å². The lowest BCUT2D eigenvalue weighted by Crippen LogP contribution is -2.60. The number of hydrogen-bond donors (Lipinski definition) is 6. The number of amides is 5. The van der Waals surface area contributed by atoms with Crippen molar-refractivity contribution < 1.29 is 38.6 Å². The number of rotatable bonds is 22. The number of alkyl carbamates (subject to hydrolysis) is 1. The molecule has 0 bridgehead atoms. The topological polar surface area (TPSA) is 192 Å². The van der Waals surface area contributed by atoms with Crippen LogP contribution in [0.25, 0.3) is 0 Å². The van der Waals surface area contributed by atoms with Crippen molar-refractivity contribution in [2.75, 3.05) is 0 Å². The number of aliphatic carboxylic acids is 1. The number of ether oxygens (including phenoxy) is 1. The Morgan fingerprint density at radius 3 is 0.833 bits per heavy atom. The maximum atomic E-state index is 14.6. The summed E-state index contributed by atoms with van der Waals surface area (Å²) in [4.78, 5) is 83.0.